The summed E-state index contributed by atoms with van der Waals surface area (Å²) in [6.07, 6.45) is 3.11. The average molecular weight is 225 g/mol. The van der Waals surface area contributed by atoms with Crippen LogP contribution in [0.3, 0.4) is 0 Å². The van der Waals surface area contributed by atoms with Crippen LogP contribution in [0.2, 0.25) is 0 Å². The van der Waals surface area contributed by atoms with Gasteiger partial charge in [0.1, 0.15) is 0 Å². The molecule has 0 unspecified atom stereocenters. The molecule has 0 aliphatic carbocycles. The molecule has 2 rings (SSSR count). The molecule has 0 aliphatic rings. The highest BCUT2D eigenvalue weighted by Gasteiger charge is 2.07. The molecule has 2 heteroatoms. The Morgan fingerprint density at radius 3 is 2.65 bits per heavy atom. The molecule has 0 spiro atoms. The number of Topliss-reactive ketones (excluding diaryl/α,β-unsaturated/α-hetero) is 1. The number of carbonyl (C=O) groups is 1. The number of nitrogens with zero attached hydrogens (tertiary/aromatic N) is 1. The Labute approximate surface area is 101 Å². The lowest BCUT2D eigenvalue weighted by atomic mass is 10.1. The Morgan fingerprint density at radius 1 is 1.18 bits per heavy atom. The summed E-state index contributed by atoms with van der Waals surface area (Å²) >= 11 is 0. The number of carbonyl (C=O) groups excluding carboxylic acids is 1. The van der Waals surface area contributed by atoms with Crippen LogP contribution in [0, 0.1) is 0 Å². The number of hydrogen-bond donors (Lipinski definition) is 0. The molecule has 0 saturated carbocycles. The molecule has 0 N–H and O–H groups in total. The van der Waals surface area contributed by atoms with Crippen LogP contribution in [-0.4, -0.2) is 10.8 Å². The molecule has 0 atom stereocenters. The third-order valence-corrected chi connectivity index (χ3v) is 2.73. The summed E-state index contributed by atoms with van der Waals surface area (Å²) in [6.45, 7) is 2.10. The lowest BCUT2D eigenvalue weighted by molar-refractivity contribution is 0.0992. The van der Waals surface area contributed by atoms with Gasteiger partial charge in [-0.25, -0.2) is 0 Å². The molecule has 0 amide bonds. The highest BCUT2D eigenvalue weighted by atomic mass is 16.1. The van der Waals surface area contributed by atoms with E-state index in [0.717, 1.165) is 17.7 Å². The van der Waals surface area contributed by atoms with Crippen LogP contribution in [0.1, 0.15) is 28.5 Å². The number of ketones is 1. The Hall–Kier alpha value is -1.96. The van der Waals surface area contributed by atoms with E-state index >= 15 is 0 Å². The molecule has 1 aromatic heterocycles. The minimum absolute atomic E-state index is 0.117. The van der Waals surface area contributed by atoms with E-state index in [2.05, 4.69) is 11.9 Å². The maximum atomic E-state index is 12.0. The summed E-state index contributed by atoms with van der Waals surface area (Å²) in [5.74, 6) is 0.117. The van der Waals surface area contributed by atoms with Crippen molar-refractivity contribution in [2.24, 2.45) is 0 Å². The van der Waals surface area contributed by atoms with Crippen molar-refractivity contribution in [1.29, 1.82) is 0 Å². The molecular weight excluding hydrogens is 210 g/mol. The molecule has 2 nitrogen and oxygen atoms in total. The Kier molecular flexibility index (Phi) is 3.66. The van der Waals surface area contributed by atoms with Gasteiger partial charge in [-0.05, 0) is 24.1 Å². The number of benzene rings is 1. The van der Waals surface area contributed by atoms with Crippen LogP contribution in [-0.2, 0) is 12.8 Å². The minimum Gasteiger partial charge on any atom is -0.294 e. The molecule has 0 radical (unpaired) electrons. The SMILES string of the molecule is CCc1ccnc(CC(=O)c2ccccc2)c1. The minimum atomic E-state index is 0.117. The molecule has 0 fully saturated rings. The van der Waals surface area contributed by atoms with Gasteiger partial charge in [0.2, 0.25) is 0 Å². The van der Waals surface area contributed by atoms with E-state index in [1.54, 1.807) is 6.20 Å². The zero-order chi connectivity index (χ0) is 12.1. The predicted octanol–water partition coefficient (Wildman–Crippen LogP) is 3.07. The van der Waals surface area contributed by atoms with Crippen LogP contribution < -0.4 is 0 Å². The largest absolute Gasteiger partial charge is 0.294 e. The van der Waals surface area contributed by atoms with Crippen molar-refractivity contribution in [1.82, 2.24) is 4.98 Å². The van der Waals surface area contributed by atoms with Crippen LogP contribution in [0.4, 0.5) is 0 Å². The Morgan fingerprint density at radius 2 is 1.94 bits per heavy atom. The van der Waals surface area contributed by atoms with Gasteiger partial charge in [-0.3, -0.25) is 9.78 Å². The van der Waals surface area contributed by atoms with Gasteiger partial charge in [-0.1, -0.05) is 37.3 Å². The van der Waals surface area contributed by atoms with Crippen molar-refractivity contribution in [3.8, 4) is 0 Å². The van der Waals surface area contributed by atoms with E-state index in [1.807, 2.05) is 42.5 Å². The number of hydrogen-bond acceptors (Lipinski definition) is 2. The second kappa shape index (κ2) is 5.39. The van der Waals surface area contributed by atoms with Crippen molar-refractivity contribution >= 4 is 5.78 Å². The Bertz CT molecular complexity index is 505. The highest BCUT2D eigenvalue weighted by molar-refractivity contribution is 5.97. The fourth-order valence-corrected chi connectivity index (χ4v) is 1.74. The summed E-state index contributed by atoms with van der Waals surface area (Å²) in [4.78, 5) is 16.2. The number of rotatable bonds is 4. The number of aromatic nitrogens is 1. The fourth-order valence-electron chi connectivity index (χ4n) is 1.74. The van der Waals surface area contributed by atoms with Crippen molar-refractivity contribution in [2.75, 3.05) is 0 Å². The summed E-state index contributed by atoms with van der Waals surface area (Å²) < 4.78 is 0. The topological polar surface area (TPSA) is 30.0 Å². The molecule has 2 aromatic rings. The number of aryl methyl sites for hydroxylation is 1. The van der Waals surface area contributed by atoms with Crippen molar-refractivity contribution < 1.29 is 4.79 Å². The Balaban J connectivity index is 2.13. The quantitative estimate of drug-likeness (QED) is 0.748. The van der Waals surface area contributed by atoms with E-state index in [-0.39, 0.29) is 5.78 Å². The number of pyridine rings is 1. The molecule has 0 aliphatic heterocycles. The van der Waals surface area contributed by atoms with Gasteiger partial charge in [0.15, 0.2) is 5.78 Å². The van der Waals surface area contributed by atoms with Crippen molar-refractivity contribution in [3.05, 3.63) is 65.5 Å². The van der Waals surface area contributed by atoms with Gasteiger partial charge >= 0.3 is 0 Å². The molecule has 86 valence electrons. The third-order valence-electron chi connectivity index (χ3n) is 2.73. The summed E-state index contributed by atoms with van der Waals surface area (Å²) in [6, 6.07) is 13.3. The molecule has 1 heterocycles. The standard InChI is InChI=1S/C15H15NO/c1-2-12-8-9-16-14(10-12)11-15(17)13-6-4-3-5-7-13/h3-10H,2,11H2,1H3. The summed E-state index contributed by atoms with van der Waals surface area (Å²) in [7, 11) is 0. The zero-order valence-corrected chi connectivity index (χ0v) is 9.89. The van der Waals surface area contributed by atoms with Gasteiger partial charge < -0.3 is 0 Å². The van der Waals surface area contributed by atoms with Gasteiger partial charge in [0, 0.05) is 17.5 Å². The monoisotopic (exact) mass is 225 g/mol. The van der Waals surface area contributed by atoms with Crippen LogP contribution in [0.5, 0.6) is 0 Å². The maximum Gasteiger partial charge on any atom is 0.168 e. The summed E-state index contributed by atoms with van der Waals surface area (Å²) in [5.41, 5.74) is 2.81. The van der Waals surface area contributed by atoms with E-state index in [0.29, 0.717) is 6.42 Å². The molecule has 1 aromatic carbocycles. The van der Waals surface area contributed by atoms with Crippen LogP contribution in [0.25, 0.3) is 0 Å². The lowest BCUT2D eigenvalue weighted by Gasteiger charge is -2.02. The fraction of sp³-hybridized carbons (Fsp3) is 0.200. The molecule has 0 saturated heterocycles. The van der Waals surface area contributed by atoms with Crippen molar-refractivity contribution in [3.63, 3.8) is 0 Å². The molecule has 0 bridgehead atoms. The first kappa shape index (κ1) is 11.5. The van der Waals surface area contributed by atoms with E-state index in [4.69, 9.17) is 0 Å². The predicted molar refractivity (Wildman–Crippen MR) is 68.1 cm³/mol. The van der Waals surface area contributed by atoms with Crippen LogP contribution in [0.15, 0.2) is 48.7 Å². The van der Waals surface area contributed by atoms with Crippen LogP contribution >= 0.6 is 0 Å². The van der Waals surface area contributed by atoms with Gasteiger partial charge in [-0.2, -0.15) is 0 Å². The smallest absolute Gasteiger partial charge is 0.168 e. The van der Waals surface area contributed by atoms with Gasteiger partial charge in [-0.15, -0.1) is 0 Å². The lowest BCUT2D eigenvalue weighted by Crippen LogP contribution is -2.05. The second-order valence-corrected chi connectivity index (χ2v) is 3.97. The van der Waals surface area contributed by atoms with E-state index in [9.17, 15) is 4.79 Å². The first-order valence-corrected chi connectivity index (χ1v) is 5.81. The molecular formula is C15H15NO. The second-order valence-electron chi connectivity index (χ2n) is 3.97. The summed E-state index contributed by atoms with van der Waals surface area (Å²) in [5, 5.41) is 0. The van der Waals surface area contributed by atoms with E-state index in [1.165, 1.54) is 5.56 Å². The first-order chi connectivity index (χ1) is 8.29. The third kappa shape index (κ3) is 3.00. The first-order valence-electron chi connectivity index (χ1n) is 5.81. The molecule has 17 heavy (non-hydrogen) atoms. The van der Waals surface area contributed by atoms with E-state index < -0.39 is 0 Å². The van der Waals surface area contributed by atoms with Gasteiger partial charge in [0.25, 0.3) is 0 Å². The normalized spacial score (nSPS) is 10.2. The average Bonchev–Trinajstić information content (AvgIpc) is 2.40. The van der Waals surface area contributed by atoms with Gasteiger partial charge in [0.05, 0.1) is 6.42 Å². The van der Waals surface area contributed by atoms with Crippen molar-refractivity contribution in [2.45, 2.75) is 19.8 Å². The zero-order valence-electron chi connectivity index (χ0n) is 9.89. The highest BCUT2D eigenvalue weighted by Crippen LogP contribution is 2.08. The maximum absolute atomic E-state index is 12.0.